The summed E-state index contributed by atoms with van der Waals surface area (Å²) in [5, 5.41) is 7.29. The van der Waals surface area contributed by atoms with Gasteiger partial charge in [0.05, 0.1) is 22.7 Å². The summed E-state index contributed by atoms with van der Waals surface area (Å²) in [5.74, 6) is -0.862. The Morgan fingerprint density at radius 3 is 2.50 bits per heavy atom. The number of thiazole rings is 1. The number of rotatable bonds is 5. The summed E-state index contributed by atoms with van der Waals surface area (Å²) in [5.41, 5.74) is 3.08. The molecule has 0 fully saturated rings. The highest BCUT2D eigenvalue weighted by Crippen LogP contribution is 2.31. The Labute approximate surface area is 186 Å². The van der Waals surface area contributed by atoms with Crippen LogP contribution in [0.5, 0.6) is 0 Å². The van der Waals surface area contributed by atoms with Gasteiger partial charge in [0.1, 0.15) is 5.01 Å². The lowest BCUT2D eigenvalue weighted by Crippen LogP contribution is -2.25. The third kappa shape index (κ3) is 4.67. The molecule has 1 atom stereocenters. The van der Waals surface area contributed by atoms with Crippen LogP contribution in [0.3, 0.4) is 0 Å². The molecule has 2 aromatic heterocycles. The average Bonchev–Trinajstić information content (AvgIpc) is 3.31. The molecule has 0 radical (unpaired) electrons. The number of amides is 1. The number of anilines is 1. The largest absolute Gasteiger partial charge is 0.435 e. The van der Waals surface area contributed by atoms with E-state index in [0.717, 1.165) is 26.9 Å². The summed E-state index contributed by atoms with van der Waals surface area (Å²) >= 11 is 1.61. The molecule has 0 spiro atoms. The molecular formula is C23H21F3N4OS. The molecule has 4 rings (SSSR count). The normalized spacial score (nSPS) is 12.8. The van der Waals surface area contributed by atoms with Gasteiger partial charge < -0.3 is 5.32 Å². The molecule has 166 valence electrons. The topological polar surface area (TPSA) is 59.8 Å². The van der Waals surface area contributed by atoms with Crippen molar-refractivity contribution in [3.05, 3.63) is 65.5 Å². The van der Waals surface area contributed by atoms with Crippen LogP contribution < -0.4 is 5.32 Å². The summed E-state index contributed by atoms with van der Waals surface area (Å²) in [6, 6.07) is 14.5. The molecule has 9 heteroatoms. The minimum atomic E-state index is -4.51. The lowest BCUT2D eigenvalue weighted by Gasteiger charge is -2.13. The summed E-state index contributed by atoms with van der Waals surface area (Å²) in [4.78, 5) is 17.2. The van der Waals surface area contributed by atoms with Gasteiger partial charge in [0.15, 0.2) is 5.69 Å². The number of benzene rings is 2. The van der Waals surface area contributed by atoms with Crippen molar-refractivity contribution in [2.45, 2.75) is 33.5 Å². The molecule has 0 bridgehead atoms. The van der Waals surface area contributed by atoms with Gasteiger partial charge >= 0.3 is 6.18 Å². The van der Waals surface area contributed by atoms with Crippen molar-refractivity contribution in [2.24, 2.45) is 5.92 Å². The maximum Gasteiger partial charge on any atom is 0.435 e. The highest BCUT2D eigenvalue weighted by atomic mass is 32.1. The Bertz CT molecular complexity index is 1270. The van der Waals surface area contributed by atoms with E-state index in [-0.39, 0.29) is 12.5 Å². The molecule has 1 unspecified atom stereocenters. The molecule has 0 aliphatic carbocycles. The van der Waals surface area contributed by atoms with Crippen LogP contribution in [0.25, 0.3) is 20.8 Å². The third-order valence-electron chi connectivity index (χ3n) is 5.11. The highest BCUT2D eigenvalue weighted by molar-refractivity contribution is 7.21. The van der Waals surface area contributed by atoms with Crippen LogP contribution >= 0.6 is 11.3 Å². The fourth-order valence-electron chi connectivity index (χ4n) is 3.29. The van der Waals surface area contributed by atoms with E-state index in [4.69, 9.17) is 0 Å². The van der Waals surface area contributed by atoms with Crippen LogP contribution in [-0.4, -0.2) is 20.7 Å². The number of nitrogens with zero attached hydrogens (tertiary/aromatic N) is 3. The average molecular weight is 459 g/mol. The smallest absolute Gasteiger partial charge is 0.326 e. The molecule has 4 aromatic rings. The number of fused-ring (bicyclic) bond motifs is 1. The zero-order valence-electron chi connectivity index (χ0n) is 17.7. The molecule has 0 aliphatic heterocycles. The van der Waals surface area contributed by atoms with Crippen molar-refractivity contribution >= 4 is 33.1 Å². The van der Waals surface area contributed by atoms with Crippen molar-refractivity contribution in [3.63, 3.8) is 0 Å². The summed E-state index contributed by atoms with van der Waals surface area (Å²) in [6.45, 7) is 5.29. The Kier molecular flexibility index (Phi) is 5.77. The first kappa shape index (κ1) is 22.0. The number of nitrogens with one attached hydrogen (secondary N) is 1. The van der Waals surface area contributed by atoms with Crippen molar-refractivity contribution in [1.29, 1.82) is 0 Å². The molecule has 32 heavy (non-hydrogen) atoms. The summed E-state index contributed by atoms with van der Waals surface area (Å²) < 4.78 is 40.9. The molecular weight excluding hydrogens is 437 g/mol. The fourth-order valence-corrected chi connectivity index (χ4v) is 4.36. The number of carbonyl (C=O) groups excluding carboxylic acids is 1. The Morgan fingerprint density at radius 1 is 1.12 bits per heavy atom. The second kappa shape index (κ2) is 8.38. The van der Waals surface area contributed by atoms with Gasteiger partial charge in [-0.15, -0.1) is 11.3 Å². The second-order valence-corrected chi connectivity index (χ2v) is 8.84. The van der Waals surface area contributed by atoms with Crippen molar-refractivity contribution < 1.29 is 18.0 Å². The monoisotopic (exact) mass is 458 g/mol. The van der Waals surface area contributed by atoms with Crippen LogP contribution in [0.15, 0.2) is 48.5 Å². The van der Waals surface area contributed by atoms with Gasteiger partial charge in [-0.05, 0) is 61.9 Å². The number of aromatic nitrogens is 3. The van der Waals surface area contributed by atoms with Crippen LogP contribution in [0.1, 0.15) is 23.9 Å². The maximum atomic E-state index is 12.8. The molecule has 2 heterocycles. The minimum Gasteiger partial charge on any atom is -0.326 e. The predicted octanol–water partition coefficient (Wildman–Crippen LogP) is 6.07. The van der Waals surface area contributed by atoms with Gasteiger partial charge in [-0.3, -0.25) is 9.48 Å². The Balaban J connectivity index is 1.42. The number of alkyl halides is 3. The van der Waals surface area contributed by atoms with Gasteiger partial charge in [-0.2, -0.15) is 18.3 Å². The van der Waals surface area contributed by atoms with Crippen LogP contribution in [-0.2, 0) is 17.5 Å². The van der Waals surface area contributed by atoms with Gasteiger partial charge in [-0.25, -0.2) is 4.98 Å². The van der Waals surface area contributed by atoms with Crippen LogP contribution in [0.4, 0.5) is 18.9 Å². The van der Waals surface area contributed by atoms with Gasteiger partial charge in [0.25, 0.3) is 0 Å². The van der Waals surface area contributed by atoms with E-state index in [1.165, 1.54) is 17.2 Å². The van der Waals surface area contributed by atoms with Gasteiger partial charge in [-0.1, -0.05) is 13.0 Å². The van der Waals surface area contributed by atoms with E-state index >= 15 is 0 Å². The molecule has 2 aromatic carbocycles. The van der Waals surface area contributed by atoms with Gasteiger partial charge in [0.2, 0.25) is 5.91 Å². The first-order valence-electron chi connectivity index (χ1n) is 10.0. The number of carbonyl (C=O) groups is 1. The number of hydrogen-bond acceptors (Lipinski definition) is 4. The number of aryl methyl sites for hydroxylation is 2. The predicted molar refractivity (Wildman–Crippen MR) is 120 cm³/mol. The highest BCUT2D eigenvalue weighted by Gasteiger charge is 2.34. The third-order valence-corrected chi connectivity index (χ3v) is 6.18. The number of hydrogen-bond donors (Lipinski definition) is 1. The Hall–Kier alpha value is -3.20. The van der Waals surface area contributed by atoms with E-state index < -0.39 is 17.8 Å². The number of halogens is 3. The van der Waals surface area contributed by atoms with E-state index in [9.17, 15) is 18.0 Å². The molecule has 1 amide bonds. The fraction of sp³-hybridized carbons (Fsp3) is 0.261. The first-order chi connectivity index (χ1) is 15.1. The van der Waals surface area contributed by atoms with Crippen LogP contribution in [0, 0.1) is 19.8 Å². The standard InChI is InChI=1S/C23H21F3N4OS/c1-13-4-9-18-19(10-13)32-22(28-18)16-5-7-17(8-6-16)27-21(31)14(2)12-30-15(3)11-20(29-30)23(24,25)26/h4-11,14H,12H2,1-3H3,(H,27,31). The van der Waals surface area contributed by atoms with Crippen LogP contribution in [0.2, 0.25) is 0 Å². The quantitative estimate of drug-likeness (QED) is 0.395. The van der Waals surface area contributed by atoms with E-state index in [1.54, 1.807) is 30.4 Å². The zero-order valence-corrected chi connectivity index (χ0v) is 18.5. The van der Waals surface area contributed by atoms with Gasteiger partial charge in [0, 0.05) is 16.9 Å². The van der Waals surface area contributed by atoms with E-state index in [0.29, 0.717) is 11.4 Å². The van der Waals surface area contributed by atoms with Crippen molar-refractivity contribution in [2.75, 3.05) is 5.32 Å². The minimum absolute atomic E-state index is 0.0525. The summed E-state index contributed by atoms with van der Waals surface area (Å²) in [6.07, 6.45) is -4.51. The SMILES string of the molecule is Cc1ccc2nc(-c3ccc(NC(=O)C(C)Cn4nc(C(F)(F)F)cc4C)cc3)sc2c1. The molecule has 1 N–H and O–H groups in total. The lowest BCUT2D eigenvalue weighted by atomic mass is 10.1. The Morgan fingerprint density at radius 2 is 1.84 bits per heavy atom. The van der Waals surface area contributed by atoms with E-state index in [1.807, 2.05) is 31.2 Å². The van der Waals surface area contributed by atoms with Crippen molar-refractivity contribution in [3.8, 4) is 10.6 Å². The summed E-state index contributed by atoms with van der Waals surface area (Å²) in [7, 11) is 0. The zero-order chi connectivity index (χ0) is 23.0. The van der Waals surface area contributed by atoms with Crippen molar-refractivity contribution in [1.82, 2.24) is 14.8 Å². The first-order valence-corrected chi connectivity index (χ1v) is 10.8. The lowest BCUT2D eigenvalue weighted by molar-refractivity contribution is -0.141. The molecule has 0 aliphatic rings. The molecule has 0 saturated carbocycles. The molecule has 0 saturated heterocycles. The molecule has 5 nitrogen and oxygen atoms in total. The van der Waals surface area contributed by atoms with E-state index in [2.05, 4.69) is 21.5 Å². The maximum absolute atomic E-state index is 12.8. The second-order valence-electron chi connectivity index (χ2n) is 7.81.